The van der Waals surface area contributed by atoms with E-state index in [4.69, 9.17) is 9.26 Å². The Morgan fingerprint density at radius 1 is 1.19 bits per heavy atom. The number of esters is 1. The topological polar surface area (TPSA) is 55.8 Å². The first-order valence-electron chi connectivity index (χ1n) is 8.18. The van der Waals surface area contributed by atoms with Gasteiger partial charge < -0.3 is 9.26 Å². The van der Waals surface area contributed by atoms with Gasteiger partial charge in [-0.1, -0.05) is 32.6 Å². The highest BCUT2D eigenvalue weighted by Gasteiger charge is 2.33. The zero-order chi connectivity index (χ0) is 15.6. The summed E-state index contributed by atoms with van der Waals surface area (Å²) in [6.07, 6.45) is 9.07. The van der Waals surface area contributed by atoms with Gasteiger partial charge in [0.15, 0.2) is 0 Å². The van der Waals surface area contributed by atoms with Gasteiger partial charge in [-0.3, -0.25) is 9.36 Å². The van der Waals surface area contributed by atoms with Crippen LogP contribution in [0.25, 0.3) is 0 Å². The van der Waals surface area contributed by atoms with Gasteiger partial charge in [0.05, 0.1) is 13.7 Å². The van der Waals surface area contributed by atoms with E-state index < -0.39 is 7.52 Å². The third kappa shape index (κ3) is 6.94. The average molecular weight is 319 g/mol. The van der Waals surface area contributed by atoms with Crippen molar-refractivity contribution in [2.45, 2.75) is 58.3 Å². The Bertz CT molecular complexity index is 349. The molecule has 0 aromatic heterocycles. The largest absolute Gasteiger partial charge is 0.468 e. The summed E-state index contributed by atoms with van der Waals surface area (Å²) in [4.78, 5) is 11.5. The molecule has 0 bridgehead atoms. The van der Waals surface area contributed by atoms with Crippen LogP contribution < -0.4 is 0 Å². The first-order valence-corrected chi connectivity index (χ1v) is 9.94. The van der Waals surface area contributed by atoms with Gasteiger partial charge in [-0.05, 0) is 25.7 Å². The SMILES string of the molecule is CCCCCCCP1(=O)OCCCCCN1CC(=O)OC. The van der Waals surface area contributed by atoms with Crippen molar-refractivity contribution in [1.29, 1.82) is 0 Å². The third-order valence-corrected chi connectivity index (χ3v) is 6.54. The van der Waals surface area contributed by atoms with E-state index in [-0.39, 0.29) is 12.5 Å². The molecule has 0 N–H and O–H groups in total. The van der Waals surface area contributed by atoms with E-state index in [0.717, 1.165) is 32.1 Å². The van der Waals surface area contributed by atoms with E-state index >= 15 is 0 Å². The summed E-state index contributed by atoms with van der Waals surface area (Å²) >= 11 is 0. The summed E-state index contributed by atoms with van der Waals surface area (Å²) in [7, 11) is -1.51. The number of unbranched alkanes of at least 4 members (excludes halogenated alkanes) is 4. The van der Waals surface area contributed by atoms with Crippen molar-refractivity contribution in [1.82, 2.24) is 4.67 Å². The summed E-state index contributed by atoms with van der Waals surface area (Å²) in [6, 6.07) is 0. The van der Waals surface area contributed by atoms with Crippen LogP contribution >= 0.6 is 7.52 Å². The lowest BCUT2D eigenvalue weighted by Gasteiger charge is -2.32. The monoisotopic (exact) mass is 319 g/mol. The molecule has 0 aromatic rings. The maximum absolute atomic E-state index is 13.1. The second kappa shape index (κ2) is 10.4. The fourth-order valence-electron chi connectivity index (χ4n) is 2.54. The minimum Gasteiger partial charge on any atom is -0.468 e. The lowest BCUT2D eigenvalue weighted by molar-refractivity contribution is -0.141. The molecule has 1 aliphatic heterocycles. The van der Waals surface area contributed by atoms with E-state index in [1.165, 1.54) is 26.4 Å². The highest BCUT2D eigenvalue weighted by Crippen LogP contribution is 2.52. The van der Waals surface area contributed by atoms with E-state index in [2.05, 4.69) is 6.92 Å². The molecule has 1 unspecified atom stereocenters. The van der Waals surface area contributed by atoms with Crippen molar-refractivity contribution in [2.75, 3.05) is 33.0 Å². The Kier molecular flexibility index (Phi) is 9.21. The van der Waals surface area contributed by atoms with Gasteiger partial charge in [-0.15, -0.1) is 0 Å². The van der Waals surface area contributed by atoms with Crippen LogP contribution in [0.3, 0.4) is 0 Å². The Morgan fingerprint density at radius 2 is 1.95 bits per heavy atom. The van der Waals surface area contributed by atoms with Gasteiger partial charge in [0.2, 0.25) is 0 Å². The van der Waals surface area contributed by atoms with Crippen LogP contribution in [0.1, 0.15) is 58.3 Å². The van der Waals surface area contributed by atoms with E-state index in [0.29, 0.717) is 19.3 Å². The molecule has 1 saturated heterocycles. The lowest BCUT2D eigenvalue weighted by atomic mass is 10.2. The van der Waals surface area contributed by atoms with Gasteiger partial charge in [0, 0.05) is 12.7 Å². The molecule has 0 spiro atoms. The van der Waals surface area contributed by atoms with Crippen LogP contribution in [0, 0.1) is 0 Å². The smallest absolute Gasteiger partial charge is 0.320 e. The predicted molar refractivity (Wildman–Crippen MR) is 84.6 cm³/mol. The Morgan fingerprint density at radius 3 is 2.67 bits per heavy atom. The zero-order valence-corrected chi connectivity index (χ0v) is 14.4. The van der Waals surface area contributed by atoms with Crippen LogP contribution in [-0.4, -0.2) is 43.6 Å². The highest BCUT2D eigenvalue weighted by molar-refractivity contribution is 7.56. The fourth-order valence-corrected chi connectivity index (χ4v) is 4.93. The van der Waals surface area contributed by atoms with E-state index in [9.17, 15) is 9.36 Å². The first-order chi connectivity index (χ1) is 10.1. The number of nitrogens with zero attached hydrogens (tertiary/aromatic N) is 1. The third-order valence-electron chi connectivity index (χ3n) is 3.87. The van der Waals surface area contributed by atoms with Crippen LogP contribution in [0.15, 0.2) is 0 Å². The molecular formula is C15H30NO4P. The summed E-state index contributed by atoms with van der Waals surface area (Å²) in [6.45, 7) is 3.44. The summed E-state index contributed by atoms with van der Waals surface area (Å²) in [5.41, 5.74) is 0. The molecule has 1 aliphatic rings. The standard InChI is InChI=1S/C15H30NO4P/c1-3-4-5-6-10-13-21(18)16(14-15(17)19-2)11-8-7-9-12-20-21/h3-14H2,1-2H3. The van der Waals surface area contributed by atoms with Gasteiger partial charge in [-0.2, -0.15) is 0 Å². The molecule has 5 nitrogen and oxygen atoms in total. The second-order valence-electron chi connectivity index (χ2n) is 5.63. The Labute approximate surface area is 128 Å². The van der Waals surface area contributed by atoms with Crippen LogP contribution in [0.4, 0.5) is 0 Å². The molecule has 6 heteroatoms. The number of rotatable bonds is 8. The zero-order valence-electron chi connectivity index (χ0n) is 13.5. The van der Waals surface area contributed by atoms with Crippen molar-refractivity contribution in [3.8, 4) is 0 Å². The van der Waals surface area contributed by atoms with E-state index in [1.807, 2.05) is 0 Å². The van der Waals surface area contributed by atoms with Crippen molar-refractivity contribution < 1.29 is 18.6 Å². The Balaban J connectivity index is 2.58. The van der Waals surface area contributed by atoms with Crippen LogP contribution in [-0.2, 0) is 18.6 Å². The minimum atomic E-state index is -2.88. The van der Waals surface area contributed by atoms with Gasteiger partial charge in [0.1, 0.15) is 6.54 Å². The van der Waals surface area contributed by atoms with Gasteiger partial charge >= 0.3 is 5.97 Å². The number of carbonyl (C=O) groups excluding carboxylic acids is 1. The normalized spacial score (nSPS) is 24.3. The molecule has 1 atom stereocenters. The number of methoxy groups -OCH3 is 1. The van der Waals surface area contributed by atoms with Crippen LogP contribution in [0.2, 0.25) is 0 Å². The van der Waals surface area contributed by atoms with Crippen molar-refractivity contribution >= 4 is 13.5 Å². The molecule has 124 valence electrons. The molecule has 21 heavy (non-hydrogen) atoms. The van der Waals surface area contributed by atoms with Crippen molar-refractivity contribution in [2.24, 2.45) is 0 Å². The molecule has 0 aromatic carbocycles. The summed E-state index contributed by atoms with van der Waals surface area (Å²) < 4.78 is 25.3. The highest BCUT2D eigenvalue weighted by atomic mass is 31.2. The predicted octanol–water partition coefficient (Wildman–Crippen LogP) is 3.83. The number of hydrogen-bond donors (Lipinski definition) is 0. The second-order valence-corrected chi connectivity index (χ2v) is 8.18. The first kappa shape index (κ1) is 18.7. The minimum absolute atomic E-state index is 0.0722. The van der Waals surface area contributed by atoms with Gasteiger partial charge in [0.25, 0.3) is 7.52 Å². The average Bonchev–Trinajstić information content (AvgIpc) is 2.47. The maximum Gasteiger partial charge on any atom is 0.320 e. The summed E-state index contributed by atoms with van der Waals surface area (Å²) in [5, 5.41) is 0. The maximum atomic E-state index is 13.1. The lowest BCUT2D eigenvalue weighted by Crippen LogP contribution is -2.32. The molecule has 1 fully saturated rings. The van der Waals surface area contributed by atoms with Crippen molar-refractivity contribution in [3.05, 3.63) is 0 Å². The van der Waals surface area contributed by atoms with Gasteiger partial charge in [-0.25, -0.2) is 4.67 Å². The molecular weight excluding hydrogens is 289 g/mol. The van der Waals surface area contributed by atoms with E-state index in [1.54, 1.807) is 4.67 Å². The molecule has 1 heterocycles. The fraction of sp³-hybridized carbons (Fsp3) is 0.933. The summed E-state index contributed by atoms with van der Waals surface area (Å²) in [5.74, 6) is -0.342. The van der Waals surface area contributed by atoms with Crippen molar-refractivity contribution in [3.63, 3.8) is 0 Å². The molecule has 0 radical (unpaired) electrons. The van der Waals surface area contributed by atoms with Crippen LogP contribution in [0.5, 0.6) is 0 Å². The number of carbonyl (C=O) groups is 1. The number of hydrogen-bond acceptors (Lipinski definition) is 4. The molecule has 0 saturated carbocycles. The molecule has 1 rings (SSSR count). The molecule has 0 amide bonds. The molecule has 0 aliphatic carbocycles. The number of ether oxygens (including phenoxy) is 1. The Hall–Kier alpha value is -0.380. The quantitative estimate of drug-likeness (QED) is 0.387.